The van der Waals surface area contributed by atoms with Gasteiger partial charge < -0.3 is 29.5 Å². The van der Waals surface area contributed by atoms with Crippen molar-refractivity contribution in [3.8, 4) is 11.5 Å². The molecule has 1 unspecified atom stereocenters. The molecule has 2 fully saturated rings. The first-order valence-electron chi connectivity index (χ1n) is 11.0. The highest BCUT2D eigenvalue weighted by Crippen LogP contribution is 2.41. The number of morpholine rings is 1. The summed E-state index contributed by atoms with van der Waals surface area (Å²) in [6, 6.07) is 10.7. The van der Waals surface area contributed by atoms with Gasteiger partial charge in [0, 0.05) is 5.56 Å². The molecule has 2 aromatic rings. The number of carbonyl (C=O) groups is 2. The lowest BCUT2D eigenvalue weighted by atomic mass is 9.94. The van der Waals surface area contributed by atoms with Crippen LogP contribution in [-0.4, -0.2) is 68.2 Å². The maximum atomic E-state index is 13.1. The molecule has 2 aliphatic rings. The van der Waals surface area contributed by atoms with Crippen LogP contribution in [0.5, 0.6) is 11.5 Å². The number of hydrogen-bond acceptors (Lipinski definition) is 6. The molecule has 4 rings (SSSR count). The number of benzene rings is 2. The molecule has 0 aliphatic carbocycles. The highest BCUT2D eigenvalue weighted by molar-refractivity contribution is 6.46. The van der Waals surface area contributed by atoms with E-state index in [1.54, 1.807) is 18.2 Å². The second kappa shape index (κ2) is 9.64. The Bertz CT molecular complexity index is 1070. The molecular weight excluding hydrogens is 424 g/mol. The molecular formula is C25H28N2O6. The lowest BCUT2D eigenvalue weighted by molar-refractivity contribution is -0.907. The van der Waals surface area contributed by atoms with E-state index in [0.717, 1.165) is 18.7 Å². The highest BCUT2D eigenvalue weighted by atomic mass is 16.5. The van der Waals surface area contributed by atoms with E-state index in [1.165, 1.54) is 29.0 Å². The zero-order valence-corrected chi connectivity index (χ0v) is 18.8. The minimum atomic E-state index is -0.818. The van der Waals surface area contributed by atoms with Crippen molar-refractivity contribution in [2.24, 2.45) is 0 Å². The van der Waals surface area contributed by atoms with Crippen LogP contribution in [-0.2, 0) is 14.3 Å². The lowest BCUT2D eigenvalue weighted by Gasteiger charge is -2.29. The smallest absolute Gasteiger partial charge is 0.295 e. The number of ketones is 1. The van der Waals surface area contributed by atoms with Gasteiger partial charge in [-0.3, -0.25) is 9.59 Å². The van der Waals surface area contributed by atoms with Crippen molar-refractivity contribution in [3.63, 3.8) is 0 Å². The summed E-state index contributed by atoms with van der Waals surface area (Å²) in [5, 5.41) is 23.2. The molecule has 2 aliphatic heterocycles. The van der Waals surface area contributed by atoms with E-state index in [0.29, 0.717) is 37.4 Å². The van der Waals surface area contributed by atoms with Crippen LogP contribution in [0, 0.1) is 6.92 Å². The number of hydrogen-bond donors (Lipinski definition) is 2. The first-order chi connectivity index (χ1) is 15.9. The van der Waals surface area contributed by atoms with E-state index >= 15 is 0 Å². The molecule has 2 N–H and O–H groups in total. The van der Waals surface area contributed by atoms with Crippen LogP contribution >= 0.6 is 0 Å². The van der Waals surface area contributed by atoms with Gasteiger partial charge in [0.2, 0.25) is 0 Å². The van der Waals surface area contributed by atoms with Crippen LogP contribution in [0.25, 0.3) is 5.76 Å². The van der Waals surface area contributed by atoms with Gasteiger partial charge in [-0.1, -0.05) is 47.7 Å². The lowest BCUT2D eigenvalue weighted by Crippen LogP contribution is -3.14. The van der Waals surface area contributed by atoms with Gasteiger partial charge in [0.15, 0.2) is 0 Å². The number of methoxy groups -OCH3 is 1. The summed E-state index contributed by atoms with van der Waals surface area (Å²) < 4.78 is 10.6. The number of nitrogens with one attached hydrogen (secondary N) is 1. The summed E-state index contributed by atoms with van der Waals surface area (Å²) in [7, 11) is 1.39. The normalized spacial score (nSPS) is 20.9. The van der Waals surface area contributed by atoms with Gasteiger partial charge in [0.1, 0.15) is 24.6 Å². The number of rotatable bonds is 6. The molecule has 8 nitrogen and oxygen atoms in total. The minimum Gasteiger partial charge on any atom is -0.870 e. The van der Waals surface area contributed by atoms with Crippen LogP contribution < -0.4 is 14.7 Å². The number of nitrogens with zero attached hydrogens (tertiary/aromatic N) is 1. The van der Waals surface area contributed by atoms with Gasteiger partial charge in [-0.05, 0) is 18.6 Å². The summed E-state index contributed by atoms with van der Waals surface area (Å²) in [5.41, 5.74) is 2.01. The van der Waals surface area contributed by atoms with Crippen LogP contribution in [0.15, 0.2) is 48.0 Å². The molecule has 1 amide bonds. The number of carbonyl (C=O) groups excluding carboxylic acids is 2. The summed E-state index contributed by atoms with van der Waals surface area (Å²) in [5.74, 6) is -1.81. The summed E-state index contributed by atoms with van der Waals surface area (Å²) in [6.45, 7) is 5.88. The average Bonchev–Trinajstić information content (AvgIpc) is 3.08. The third-order valence-corrected chi connectivity index (χ3v) is 6.27. The predicted octanol–water partition coefficient (Wildman–Crippen LogP) is 0.414. The van der Waals surface area contributed by atoms with Crippen LogP contribution in [0.1, 0.15) is 22.7 Å². The van der Waals surface area contributed by atoms with Crippen molar-refractivity contribution in [3.05, 3.63) is 64.7 Å². The summed E-state index contributed by atoms with van der Waals surface area (Å²) >= 11 is 0. The van der Waals surface area contributed by atoms with Gasteiger partial charge in [-0.2, -0.15) is 0 Å². The SMILES string of the molecule is COc1cc(C2C(=C(O)c3ccc(C)cc3)C(=O)C(=O)N2CC[NH+]2CCOCC2)ccc1[O-]. The van der Waals surface area contributed by atoms with Crippen molar-refractivity contribution in [2.45, 2.75) is 13.0 Å². The highest BCUT2D eigenvalue weighted by Gasteiger charge is 2.46. The number of aliphatic hydroxyl groups excluding tert-OH is 1. The van der Waals surface area contributed by atoms with Crippen molar-refractivity contribution < 1.29 is 34.2 Å². The topological polar surface area (TPSA) is 104 Å². The predicted molar refractivity (Wildman–Crippen MR) is 119 cm³/mol. The van der Waals surface area contributed by atoms with E-state index in [9.17, 15) is 19.8 Å². The Morgan fingerprint density at radius 1 is 1.18 bits per heavy atom. The average molecular weight is 453 g/mol. The molecule has 0 saturated carbocycles. The number of aryl methyl sites for hydroxylation is 1. The zero-order valence-electron chi connectivity index (χ0n) is 18.8. The third-order valence-electron chi connectivity index (χ3n) is 6.27. The Balaban J connectivity index is 1.76. The second-order valence-corrected chi connectivity index (χ2v) is 8.38. The van der Waals surface area contributed by atoms with Crippen molar-refractivity contribution >= 4 is 17.4 Å². The quantitative estimate of drug-likeness (QED) is 0.374. The molecule has 33 heavy (non-hydrogen) atoms. The third kappa shape index (κ3) is 4.58. The molecule has 1 atom stereocenters. The number of amides is 1. The molecule has 2 heterocycles. The zero-order chi connectivity index (χ0) is 23.5. The van der Waals surface area contributed by atoms with Crippen molar-refractivity contribution in [1.29, 1.82) is 0 Å². The number of Topliss-reactive ketones (excluding diaryl/α,β-unsaturated/α-hetero) is 1. The molecule has 0 aromatic heterocycles. The standard InChI is InChI=1S/C25H28N2O6/c1-16-3-5-17(6-4-16)23(29)21-22(18-7-8-19(28)20(15-18)32-2)27(25(31)24(21)30)10-9-26-11-13-33-14-12-26/h3-8,15,22,28-29H,9-14H2,1-2H3. The van der Waals surface area contributed by atoms with E-state index in [1.807, 2.05) is 19.1 Å². The first-order valence-corrected chi connectivity index (χ1v) is 11.0. The van der Waals surface area contributed by atoms with Crippen molar-refractivity contribution in [2.75, 3.05) is 46.5 Å². The van der Waals surface area contributed by atoms with Gasteiger partial charge in [0.25, 0.3) is 11.7 Å². The Morgan fingerprint density at radius 3 is 2.55 bits per heavy atom. The fraction of sp³-hybridized carbons (Fsp3) is 0.360. The van der Waals surface area contributed by atoms with Crippen LogP contribution in [0.4, 0.5) is 0 Å². The van der Waals surface area contributed by atoms with Gasteiger partial charge in [-0.15, -0.1) is 0 Å². The first kappa shape index (κ1) is 22.8. The van der Waals surface area contributed by atoms with E-state index < -0.39 is 17.7 Å². The molecule has 0 spiro atoms. The Morgan fingerprint density at radius 2 is 1.88 bits per heavy atom. The minimum absolute atomic E-state index is 0.0153. The van der Waals surface area contributed by atoms with Gasteiger partial charge in [0.05, 0.1) is 45.0 Å². The maximum absolute atomic E-state index is 13.1. The molecule has 8 heteroatoms. The number of ether oxygens (including phenoxy) is 2. The van der Waals surface area contributed by atoms with Gasteiger partial charge in [-0.25, -0.2) is 0 Å². The fourth-order valence-corrected chi connectivity index (χ4v) is 4.37. The van der Waals surface area contributed by atoms with E-state index in [4.69, 9.17) is 9.47 Å². The largest absolute Gasteiger partial charge is 0.870 e. The maximum Gasteiger partial charge on any atom is 0.295 e. The number of likely N-dealkylation sites (tertiary alicyclic amines) is 1. The Hall–Kier alpha value is -3.36. The van der Waals surface area contributed by atoms with Gasteiger partial charge >= 0.3 is 0 Å². The molecule has 0 radical (unpaired) electrons. The van der Waals surface area contributed by atoms with Crippen LogP contribution in [0.2, 0.25) is 0 Å². The van der Waals surface area contributed by atoms with Crippen molar-refractivity contribution in [1.82, 2.24) is 4.90 Å². The number of quaternary nitrogens is 1. The molecule has 2 saturated heterocycles. The Labute approximate surface area is 192 Å². The second-order valence-electron chi connectivity index (χ2n) is 8.38. The molecule has 0 bridgehead atoms. The molecule has 174 valence electrons. The fourth-order valence-electron chi connectivity index (χ4n) is 4.37. The Kier molecular flexibility index (Phi) is 6.67. The summed E-state index contributed by atoms with van der Waals surface area (Å²) in [6.07, 6.45) is 0. The number of aliphatic hydroxyl groups is 1. The van der Waals surface area contributed by atoms with E-state index in [-0.39, 0.29) is 22.8 Å². The van der Waals surface area contributed by atoms with Crippen LogP contribution in [0.3, 0.4) is 0 Å². The summed E-state index contributed by atoms with van der Waals surface area (Å²) in [4.78, 5) is 29.0. The van der Waals surface area contributed by atoms with E-state index in [2.05, 4.69) is 0 Å². The monoisotopic (exact) mass is 452 g/mol. The molecule has 2 aromatic carbocycles.